The highest BCUT2D eigenvalue weighted by Crippen LogP contribution is 2.71. The quantitative estimate of drug-likeness (QED) is 0.578. The van der Waals surface area contributed by atoms with E-state index in [4.69, 9.17) is 14.2 Å². The normalized spacial score (nSPS) is 62.8. The number of ketones is 2. The van der Waals surface area contributed by atoms with Gasteiger partial charge in [0.2, 0.25) is 0 Å². The van der Waals surface area contributed by atoms with Gasteiger partial charge < -0.3 is 24.4 Å². The molecule has 3 aliphatic heterocycles. The number of rotatable bonds is 2. The van der Waals surface area contributed by atoms with Gasteiger partial charge in [0.1, 0.15) is 28.7 Å². The minimum absolute atomic E-state index is 0.0696. The van der Waals surface area contributed by atoms with E-state index < -0.39 is 33.9 Å². The molecule has 3 saturated heterocycles. The molecule has 0 aromatic heterocycles. The van der Waals surface area contributed by atoms with E-state index in [9.17, 15) is 19.8 Å². The maximum absolute atomic E-state index is 14.1. The van der Waals surface area contributed by atoms with Crippen molar-refractivity contribution < 1.29 is 34.0 Å². The van der Waals surface area contributed by atoms with Crippen molar-refractivity contribution in [2.75, 3.05) is 0 Å². The van der Waals surface area contributed by atoms with Crippen molar-refractivity contribution in [2.45, 2.75) is 108 Å². The summed E-state index contributed by atoms with van der Waals surface area (Å²) in [6, 6.07) is 0. The molecular weight excluding hydrogens is 448 g/mol. The summed E-state index contributed by atoms with van der Waals surface area (Å²) in [5.74, 6) is 0.335. The minimum atomic E-state index is -1.23. The second-order valence-electron chi connectivity index (χ2n) is 13.5. The summed E-state index contributed by atoms with van der Waals surface area (Å²) in [6.07, 6.45) is 5.03. The number of carbonyl (C=O) groups excluding carboxylic acids is 2. The van der Waals surface area contributed by atoms with Gasteiger partial charge >= 0.3 is 0 Å². The summed E-state index contributed by atoms with van der Waals surface area (Å²) in [4.78, 5) is 27.4. The van der Waals surface area contributed by atoms with Crippen molar-refractivity contribution >= 4 is 11.6 Å². The predicted octanol–water partition coefficient (Wildman–Crippen LogP) is 2.56. The number of hydrogen-bond acceptors (Lipinski definition) is 7. The molecule has 4 aliphatic carbocycles. The van der Waals surface area contributed by atoms with Crippen LogP contribution in [0.4, 0.5) is 0 Å². The summed E-state index contributed by atoms with van der Waals surface area (Å²) >= 11 is 0. The van der Waals surface area contributed by atoms with Crippen molar-refractivity contribution in [2.24, 2.45) is 40.4 Å². The largest absolute Gasteiger partial charge is 0.386 e. The van der Waals surface area contributed by atoms with Gasteiger partial charge in [-0.25, -0.2) is 0 Å². The zero-order valence-electron chi connectivity index (χ0n) is 21.3. The Hall–Kier alpha value is -1.12. The number of hydrogen-bond donors (Lipinski definition) is 2. The van der Waals surface area contributed by atoms with E-state index in [-0.39, 0.29) is 59.5 Å². The number of ether oxygens (including phenoxy) is 3. The molecule has 0 bridgehead atoms. The number of aliphatic hydroxyl groups is 2. The summed E-state index contributed by atoms with van der Waals surface area (Å²) in [6.45, 7) is 10.1. The Morgan fingerprint density at radius 2 is 1.83 bits per heavy atom. The van der Waals surface area contributed by atoms with Crippen molar-refractivity contribution in [1.82, 2.24) is 0 Å². The SMILES string of the molecule is C[C@@H]([C@H]1CC[C@H]2[C@@H]3[C@@H]4O[C@@H]4[C@@]4(O)CC=CC(=O)[C@]4(C)[C@@H]3CC(=O)[C@]12C)[C@H]1C[C@]2(C)O[C@]2(C)[C@H](O)O1. The van der Waals surface area contributed by atoms with Crippen LogP contribution in [0.25, 0.3) is 0 Å². The molecule has 0 aromatic carbocycles. The summed E-state index contributed by atoms with van der Waals surface area (Å²) in [7, 11) is 0. The van der Waals surface area contributed by atoms with Crippen LogP contribution in [0, 0.1) is 40.4 Å². The zero-order chi connectivity index (χ0) is 24.9. The topological polar surface area (TPSA) is 109 Å². The number of allylic oxidation sites excluding steroid dienone is 1. The minimum Gasteiger partial charge on any atom is -0.386 e. The van der Waals surface area contributed by atoms with E-state index >= 15 is 0 Å². The van der Waals surface area contributed by atoms with Crippen LogP contribution in [0.3, 0.4) is 0 Å². The third-order valence-electron chi connectivity index (χ3n) is 12.5. The average Bonchev–Trinajstić information content (AvgIpc) is 3.66. The first-order valence-corrected chi connectivity index (χ1v) is 13.5. The summed E-state index contributed by atoms with van der Waals surface area (Å²) in [5, 5.41) is 22.4. The lowest BCUT2D eigenvalue weighted by Gasteiger charge is -2.59. The highest BCUT2D eigenvalue weighted by Gasteiger charge is 2.79. The molecule has 35 heavy (non-hydrogen) atoms. The Morgan fingerprint density at radius 1 is 1.09 bits per heavy atom. The fourth-order valence-electron chi connectivity index (χ4n) is 9.89. The number of Topliss-reactive ketones (excluding diaryl/α,β-unsaturated/α-hetero) is 1. The summed E-state index contributed by atoms with van der Waals surface area (Å²) < 4.78 is 18.2. The van der Waals surface area contributed by atoms with Gasteiger partial charge in [0.05, 0.1) is 17.6 Å². The van der Waals surface area contributed by atoms with Gasteiger partial charge in [-0.05, 0) is 75.7 Å². The second-order valence-corrected chi connectivity index (χ2v) is 13.5. The maximum atomic E-state index is 14.1. The Morgan fingerprint density at radius 3 is 2.54 bits per heavy atom. The number of aliphatic hydroxyl groups excluding tert-OH is 1. The second kappa shape index (κ2) is 6.47. The van der Waals surface area contributed by atoms with E-state index in [1.54, 1.807) is 12.2 Å². The van der Waals surface area contributed by atoms with E-state index in [2.05, 4.69) is 13.8 Å². The molecule has 3 heterocycles. The number of carbonyl (C=O) groups is 2. The monoisotopic (exact) mass is 486 g/mol. The number of epoxide rings is 2. The third kappa shape index (κ3) is 2.42. The Balaban J connectivity index is 1.21. The molecule has 0 spiro atoms. The Labute approximate surface area is 206 Å². The third-order valence-corrected chi connectivity index (χ3v) is 12.5. The highest BCUT2D eigenvalue weighted by molar-refractivity contribution is 5.98. The van der Waals surface area contributed by atoms with Gasteiger partial charge in [-0.15, -0.1) is 0 Å². The van der Waals surface area contributed by atoms with Crippen molar-refractivity contribution in [3.8, 4) is 0 Å². The molecule has 7 nitrogen and oxygen atoms in total. The molecule has 192 valence electrons. The van der Waals surface area contributed by atoms with Gasteiger partial charge in [-0.2, -0.15) is 0 Å². The fourth-order valence-corrected chi connectivity index (χ4v) is 9.89. The van der Waals surface area contributed by atoms with Crippen LogP contribution in [-0.4, -0.2) is 63.2 Å². The van der Waals surface area contributed by atoms with E-state index in [1.165, 1.54) is 0 Å². The smallest absolute Gasteiger partial charge is 0.186 e. The van der Waals surface area contributed by atoms with E-state index in [0.717, 1.165) is 12.8 Å². The van der Waals surface area contributed by atoms with Crippen LogP contribution in [0.1, 0.15) is 66.7 Å². The van der Waals surface area contributed by atoms with E-state index in [1.807, 2.05) is 20.8 Å². The molecule has 0 unspecified atom stereocenters. The van der Waals surface area contributed by atoms with E-state index in [0.29, 0.717) is 19.3 Å². The van der Waals surface area contributed by atoms with Crippen LogP contribution in [0.5, 0.6) is 0 Å². The van der Waals surface area contributed by atoms with Gasteiger partial charge in [0.15, 0.2) is 12.1 Å². The van der Waals surface area contributed by atoms with Crippen LogP contribution in [-0.2, 0) is 23.8 Å². The molecular formula is C28H38O7. The Kier molecular flexibility index (Phi) is 4.26. The van der Waals surface area contributed by atoms with Crippen LogP contribution in [0.2, 0.25) is 0 Å². The lowest BCUT2D eigenvalue weighted by atomic mass is 9.43. The Bertz CT molecular complexity index is 1060. The molecule has 0 aromatic rings. The van der Waals surface area contributed by atoms with Gasteiger partial charge in [-0.3, -0.25) is 9.59 Å². The first-order chi connectivity index (χ1) is 16.3. The molecule has 14 atom stereocenters. The molecule has 7 heteroatoms. The van der Waals surface area contributed by atoms with Crippen LogP contribution in [0.15, 0.2) is 12.2 Å². The lowest BCUT2D eigenvalue weighted by molar-refractivity contribution is -0.205. The maximum Gasteiger partial charge on any atom is 0.186 e. The highest BCUT2D eigenvalue weighted by atomic mass is 16.7. The van der Waals surface area contributed by atoms with Crippen LogP contribution < -0.4 is 0 Å². The molecule has 7 rings (SSSR count). The van der Waals surface area contributed by atoms with Gasteiger partial charge in [0.25, 0.3) is 0 Å². The molecule has 0 amide bonds. The van der Waals surface area contributed by atoms with Crippen molar-refractivity contribution in [3.63, 3.8) is 0 Å². The standard InChI is InChI=1S/C28H38O7/c1-13(17-12-24(2)27(5,35-24)23(31)33-17)14-8-9-15-20-16(11-19(30)25(14,15)3)26(4)18(29)7-6-10-28(26,32)22-21(20)34-22/h6-7,13-17,20-23,31-32H,8-12H2,1-5H3/t13-,14+,15-,16+,17+,20-,21-,22-,23+,24-,25+,26-,27+,28-/m0/s1. The first-order valence-electron chi connectivity index (χ1n) is 13.5. The molecule has 0 radical (unpaired) electrons. The zero-order valence-corrected chi connectivity index (χ0v) is 21.3. The molecule has 7 aliphatic rings. The molecule has 3 saturated carbocycles. The van der Waals surface area contributed by atoms with Crippen molar-refractivity contribution in [1.29, 1.82) is 0 Å². The van der Waals surface area contributed by atoms with Crippen molar-refractivity contribution in [3.05, 3.63) is 12.2 Å². The fraction of sp³-hybridized carbons (Fsp3) is 0.857. The van der Waals surface area contributed by atoms with Gasteiger partial charge in [0, 0.05) is 18.3 Å². The predicted molar refractivity (Wildman–Crippen MR) is 124 cm³/mol. The molecule has 2 N–H and O–H groups in total. The summed E-state index contributed by atoms with van der Waals surface area (Å²) in [5.41, 5.74) is -3.80. The molecule has 6 fully saturated rings. The first kappa shape index (κ1) is 23.0. The number of fused-ring (bicyclic) bond motifs is 9. The lowest BCUT2D eigenvalue weighted by Crippen LogP contribution is -2.68. The van der Waals surface area contributed by atoms with Crippen LogP contribution >= 0.6 is 0 Å². The van der Waals surface area contributed by atoms with Gasteiger partial charge in [-0.1, -0.05) is 19.9 Å². The average molecular weight is 487 g/mol.